The first-order valence-corrected chi connectivity index (χ1v) is 4.02. The number of nitrogens with zero attached hydrogens (tertiary/aromatic N) is 3. The molecule has 72 valence electrons. The van der Waals surface area contributed by atoms with E-state index in [4.69, 9.17) is 5.73 Å². The Labute approximate surface area is 75.5 Å². The van der Waals surface area contributed by atoms with Crippen LogP contribution in [0.25, 0.3) is 0 Å². The molecule has 0 saturated heterocycles. The highest BCUT2D eigenvalue weighted by Gasteiger charge is 2.17. The number of rotatable bonds is 4. The first-order valence-electron chi connectivity index (χ1n) is 4.02. The monoisotopic (exact) mass is 184 g/mol. The minimum absolute atomic E-state index is 0.0796. The number of nitro groups is 1. The lowest BCUT2D eigenvalue weighted by molar-refractivity contribution is -0.385. The highest BCUT2D eigenvalue weighted by molar-refractivity contribution is 5.32. The van der Waals surface area contributed by atoms with Crippen molar-refractivity contribution in [1.82, 2.24) is 9.78 Å². The second kappa shape index (κ2) is 3.99. The van der Waals surface area contributed by atoms with Gasteiger partial charge in [0.15, 0.2) is 0 Å². The Bertz CT molecular complexity index is 307. The molecule has 0 aliphatic carbocycles. The minimum atomic E-state index is -0.418. The number of aromatic nitrogens is 2. The summed E-state index contributed by atoms with van der Waals surface area (Å²) in [5.41, 5.74) is 6.04. The van der Waals surface area contributed by atoms with E-state index in [0.717, 1.165) is 6.42 Å². The van der Waals surface area contributed by atoms with Gasteiger partial charge in [-0.05, 0) is 19.4 Å². The molecule has 0 amide bonds. The molecule has 1 aromatic heterocycles. The van der Waals surface area contributed by atoms with Crippen LogP contribution in [0, 0.1) is 10.1 Å². The van der Waals surface area contributed by atoms with E-state index in [-0.39, 0.29) is 5.69 Å². The number of hydrogen-bond acceptors (Lipinski definition) is 4. The van der Waals surface area contributed by atoms with Gasteiger partial charge >= 0.3 is 5.69 Å². The summed E-state index contributed by atoms with van der Waals surface area (Å²) in [5, 5.41) is 14.3. The van der Waals surface area contributed by atoms with Crippen LogP contribution in [0.1, 0.15) is 12.1 Å². The molecule has 0 radical (unpaired) electrons. The fourth-order valence-corrected chi connectivity index (χ4v) is 1.16. The summed E-state index contributed by atoms with van der Waals surface area (Å²) >= 11 is 0. The quantitative estimate of drug-likeness (QED) is 0.535. The number of hydrogen-bond donors (Lipinski definition) is 1. The summed E-state index contributed by atoms with van der Waals surface area (Å²) in [6.45, 7) is 0.530. The molecule has 2 N–H and O–H groups in total. The van der Waals surface area contributed by atoms with E-state index in [9.17, 15) is 10.1 Å². The van der Waals surface area contributed by atoms with Crippen LogP contribution in [-0.4, -0.2) is 21.2 Å². The van der Waals surface area contributed by atoms with Gasteiger partial charge in [0.25, 0.3) is 0 Å². The summed E-state index contributed by atoms with van der Waals surface area (Å²) in [7, 11) is 1.69. The van der Waals surface area contributed by atoms with E-state index in [1.807, 2.05) is 0 Å². The van der Waals surface area contributed by atoms with Crippen LogP contribution < -0.4 is 5.73 Å². The average Bonchev–Trinajstić information content (AvgIpc) is 2.43. The smallest absolute Gasteiger partial charge is 0.310 e. The van der Waals surface area contributed by atoms with Crippen LogP contribution in [0.5, 0.6) is 0 Å². The van der Waals surface area contributed by atoms with E-state index in [1.165, 1.54) is 10.9 Å². The standard InChI is InChI=1S/C7H12N4O2/c1-10-6(3-2-4-8)7(5-9-10)11(12)13/h5H,2-4,8H2,1H3. The molecule has 6 heteroatoms. The maximum absolute atomic E-state index is 10.5. The third-order valence-electron chi connectivity index (χ3n) is 1.85. The lowest BCUT2D eigenvalue weighted by Gasteiger charge is -1.99. The molecule has 0 fully saturated rings. The molecular weight excluding hydrogens is 172 g/mol. The molecule has 0 aliphatic heterocycles. The van der Waals surface area contributed by atoms with Crippen molar-refractivity contribution in [3.63, 3.8) is 0 Å². The summed E-state index contributed by atoms with van der Waals surface area (Å²) in [4.78, 5) is 10.1. The molecule has 0 saturated carbocycles. The molecule has 1 aromatic rings. The van der Waals surface area contributed by atoms with Gasteiger partial charge in [0.1, 0.15) is 11.9 Å². The number of nitrogens with two attached hydrogens (primary N) is 1. The zero-order valence-electron chi connectivity index (χ0n) is 7.43. The summed E-state index contributed by atoms with van der Waals surface area (Å²) in [6.07, 6.45) is 2.61. The topological polar surface area (TPSA) is 87.0 Å². The molecule has 0 spiro atoms. The Kier molecular flexibility index (Phi) is 2.97. The molecule has 0 unspecified atom stereocenters. The van der Waals surface area contributed by atoms with Crippen molar-refractivity contribution in [2.75, 3.05) is 6.54 Å². The summed E-state index contributed by atoms with van der Waals surface area (Å²) in [5.74, 6) is 0. The lowest BCUT2D eigenvalue weighted by Crippen LogP contribution is -2.05. The van der Waals surface area contributed by atoms with Gasteiger partial charge in [-0.1, -0.05) is 0 Å². The van der Waals surface area contributed by atoms with Gasteiger partial charge in [0.2, 0.25) is 0 Å². The van der Waals surface area contributed by atoms with Crippen LogP contribution in [-0.2, 0) is 13.5 Å². The zero-order chi connectivity index (χ0) is 9.84. The molecule has 6 nitrogen and oxygen atoms in total. The third kappa shape index (κ3) is 2.03. The van der Waals surface area contributed by atoms with Crippen molar-refractivity contribution in [3.8, 4) is 0 Å². The molecule has 0 aliphatic rings. The first-order chi connectivity index (χ1) is 6.16. The normalized spacial score (nSPS) is 10.3. The number of aryl methyl sites for hydroxylation is 1. The molecule has 13 heavy (non-hydrogen) atoms. The Morgan fingerprint density at radius 2 is 2.46 bits per heavy atom. The second-order valence-corrected chi connectivity index (χ2v) is 2.75. The molecule has 1 heterocycles. The van der Waals surface area contributed by atoms with Gasteiger partial charge in [-0.2, -0.15) is 5.10 Å². The van der Waals surface area contributed by atoms with Crippen LogP contribution in [0.15, 0.2) is 6.20 Å². The zero-order valence-corrected chi connectivity index (χ0v) is 7.43. The Balaban J connectivity index is 2.88. The highest BCUT2D eigenvalue weighted by Crippen LogP contribution is 2.17. The van der Waals surface area contributed by atoms with E-state index in [1.54, 1.807) is 7.05 Å². The van der Waals surface area contributed by atoms with Gasteiger partial charge in [-0.3, -0.25) is 14.8 Å². The fourth-order valence-electron chi connectivity index (χ4n) is 1.16. The maximum atomic E-state index is 10.5. The maximum Gasteiger partial charge on any atom is 0.310 e. The van der Waals surface area contributed by atoms with Gasteiger partial charge in [0, 0.05) is 7.05 Å². The SMILES string of the molecule is Cn1ncc([N+](=O)[O-])c1CCCN. The van der Waals surface area contributed by atoms with Crippen molar-refractivity contribution >= 4 is 5.69 Å². The van der Waals surface area contributed by atoms with Crippen LogP contribution in [0.4, 0.5) is 5.69 Å². The van der Waals surface area contributed by atoms with Crippen molar-refractivity contribution < 1.29 is 4.92 Å². The third-order valence-corrected chi connectivity index (χ3v) is 1.85. The van der Waals surface area contributed by atoms with Crippen molar-refractivity contribution in [3.05, 3.63) is 22.0 Å². The van der Waals surface area contributed by atoms with Crippen LogP contribution in [0.3, 0.4) is 0 Å². The molecule has 0 atom stereocenters. The van der Waals surface area contributed by atoms with Gasteiger partial charge in [0.05, 0.1) is 4.92 Å². The second-order valence-electron chi connectivity index (χ2n) is 2.75. The van der Waals surface area contributed by atoms with Crippen molar-refractivity contribution in [2.24, 2.45) is 12.8 Å². The van der Waals surface area contributed by atoms with Gasteiger partial charge in [-0.15, -0.1) is 0 Å². The van der Waals surface area contributed by atoms with Gasteiger partial charge in [-0.25, -0.2) is 0 Å². The van der Waals surface area contributed by atoms with E-state index in [0.29, 0.717) is 18.7 Å². The molecule has 1 rings (SSSR count). The highest BCUT2D eigenvalue weighted by atomic mass is 16.6. The van der Waals surface area contributed by atoms with E-state index >= 15 is 0 Å². The molecular formula is C7H12N4O2. The van der Waals surface area contributed by atoms with Gasteiger partial charge < -0.3 is 5.73 Å². The average molecular weight is 184 g/mol. The Hall–Kier alpha value is -1.43. The Morgan fingerprint density at radius 1 is 1.77 bits per heavy atom. The first kappa shape index (κ1) is 9.66. The van der Waals surface area contributed by atoms with Crippen molar-refractivity contribution in [2.45, 2.75) is 12.8 Å². The predicted octanol–water partition coefficient (Wildman–Crippen LogP) is 0.220. The van der Waals surface area contributed by atoms with E-state index < -0.39 is 4.92 Å². The molecule has 0 aromatic carbocycles. The van der Waals surface area contributed by atoms with Crippen LogP contribution >= 0.6 is 0 Å². The molecule has 0 bridgehead atoms. The van der Waals surface area contributed by atoms with Crippen molar-refractivity contribution in [1.29, 1.82) is 0 Å². The van der Waals surface area contributed by atoms with Crippen LogP contribution in [0.2, 0.25) is 0 Å². The lowest BCUT2D eigenvalue weighted by atomic mass is 10.2. The summed E-state index contributed by atoms with van der Waals surface area (Å²) in [6, 6.07) is 0. The largest absolute Gasteiger partial charge is 0.330 e. The van der Waals surface area contributed by atoms with E-state index in [2.05, 4.69) is 5.10 Å². The minimum Gasteiger partial charge on any atom is -0.330 e. The predicted molar refractivity (Wildman–Crippen MR) is 47.2 cm³/mol. The Morgan fingerprint density at radius 3 is 3.00 bits per heavy atom. The fraction of sp³-hybridized carbons (Fsp3) is 0.571. The summed E-state index contributed by atoms with van der Waals surface area (Å²) < 4.78 is 1.52.